The zero-order valence-electron chi connectivity index (χ0n) is 16.1. The molecule has 0 radical (unpaired) electrons. The van der Waals surface area contributed by atoms with Gasteiger partial charge < -0.3 is 10.4 Å². The Balaban J connectivity index is 1.86. The molecule has 2 aromatic heterocycles. The molecule has 160 valence electrons. The average Bonchev–Trinajstić information content (AvgIpc) is 3.09. The van der Waals surface area contributed by atoms with Gasteiger partial charge in [0.1, 0.15) is 17.2 Å². The van der Waals surface area contributed by atoms with Crippen LogP contribution in [-0.2, 0) is 5.54 Å². The standard InChI is InChI=1S/C21H16F4N4O2/c1-11-21(13-2-5-15(22)6-3-13,14-4-7-17(23)26-9-14)28-18(27-11)12-8-16(30)19(31)29(10-12)20(24)25/h2-11,20,30H,1H3,(H,27,28)/t11-,21-/m0/s1. The zero-order chi connectivity index (χ0) is 22.3. The summed E-state index contributed by atoms with van der Waals surface area (Å²) in [5.41, 5.74) is -1.26. The van der Waals surface area contributed by atoms with Gasteiger partial charge in [0.25, 0.3) is 5.56 Å². The topological polar surface area (TPSA) is 79.5 Å². The van der Waals surface area contributed by atoms with E-state index < -0.39 is 41.2 Å². The minimum atomic E-state index is -3.17. The molecule has 0 spiro atoms. The molecule has 10 heteroatoms. The number of aromatic nitrogens is 2. The second-order valence-electron chi connectivity index (χ2n) is 7.07. The Bertz CT molecular complexity index is 1160. The van der Waals surface area contributed by atoms with Crippen molar-refractivity contribution in [2.75, 3.05) is 0 Å². The quantitative estimate of drug-likeness (QED) is 0.490. The van der Waals surface area contributed by atoms with Crippen molar-refractivity contribution in [3.63, 3.8) is 0 Å². The van der Waals surface area contributed by atoms with Crippen molar-refractivity contribution in [1.82, 2.24) is 14.9 Å². The summed E-state index contributed by atoms with van der Waals surface area (Å²) in [5.74, 6) is -1.90. The minimum Gasteiger partial charge on any atom is -0.503 e. The number of nitrogens with zero attached hydrogens (tertiary/aromatic N) is 3. The van der Waals surface area contributed by atoms with E-state index >= 15 is 0 Å². The van der Waals surface area contributed by atoms with Crippen molar-refractivity contribution < 1.29 is 22.7 Å². The molecule has 2 N–H and O–H groups in total. The number of nitrogens with one attached hydrogen (secondary N) is 1. The number of aromatic hydroxyl groups is 1. The van der Waals surface area contributed by atoms with E-state index in [9.17, 15) is 27.5 Å². The summed E-state index contributed by atoms with van der Waals surface area (Å²) in [6.45, 7) is -1.43. The summed E-state index contributed by atoms with van der Waals surface area (Å²) in [6.07, 6.45) is 2.19. The summed E-state index contributed by atoms with van der Waals surface area (Å²) in [7, 11) is 0. The molecular weight excluding hydrogens is 416 g/mol. The predicted molar refractivity (Wildman–Crippen MR) is 104 cm³/mol. The number of halogens is 4. The fraction of sp³-hybridized carbons (Fsp3) is 0.190. The van der Waals surface area contributed by atoms with Crippen LogP contribution in [0.5, 0.6) is 5.75 Å². The molecular formula is C21H16F4N4O2. The van der Waals surface area contributed by atoms with Crippen molar-refractivity contribution in [2.45, 2.75) is 25.1 Å². The predicted octanol–water partition coefficient (Wildman–Crippen LogP) is 3.30. The van der Waals surface area contributed by atoms with Crippen LogP contribution in [0.15, 0.2) is 64.6 Å². The number of hydrogen-bond donors (Lipinski definition) is 2. The molecule has 3 heterocycles. The number of pyridine rings is 2. The Hall–Kier alpha value is -3.69. The lowest BCUT2D eigenvalue weighted by Crippen LogP contribution is -2.48. The molecule has 0 aliphatic carbocycles. The Morgan fingerprint density at radius 3 is 2.42 bits per heavy atom. The highest BCUT2D eigenvalue weighted by Crippen LogP contribution is 2.38. The van der Waals surface area contributed by atoms with Crippen LogP contribution in [0.3, 0.4) is 0 Å². The maximum atomic E-state index is 13.6. The van der Waals surface area contributed by atoms with Gasteiger partial charge in [-0.3, -0.25) is 14.4 Å². The fourth-order valence-corrected chi connectivity index (χ4v) is 3.74. The highest BCUT2D eigenvalue weighted by molar-refractivity contribution is 6.01. The number of benzene rings is 1. The summed E-state index contributed by atoms with van der Waals surface area (Å²) in [4.78, 5) is 20.0. The van der Waals surface area contributed by atoms with Gasteiger partial charge in [0.2, 0.25) is 5.95 Å². The number of amidine groups is 1. The Morgan fingerprint density at radius 2 is 1.81 bits per heavy atom. The Labute approximate surface area is 173 Å². The van der Waals surface area contributed by atoms with Gasteiger partial charge in [-0.25, -0.2) is 9.37 Å². The van der Waals surface area contributed by atoms with Gasteiger partial charge in [-0.15, -0.1) is 0 Å². The molecule has 6 nitrogen and oxygen atoms in total. The smallest absolute Gasteiger partial charge is 0.321 e. The largest absolute Gasteiger partial charge is 0.503 e. The van der Waals surface area contributed by atoms with E-state index in [0.29, 0.717) is 11.1 Å². The van der Waals surface area contributed by atoms with Crippen LogP contribution in [0, 0.1) is 11.8 Å². The second-order valence-corrected chi connectivity index (χ2v) is 7.07. The Kier molecular flexibility index (Phi) is 5.00. The maximum Gasteiger partial charge on any atom is 0.321 e. The first-order chi connectivity index (χ1) is 14.7. The molecule has 31 heavy (non-hydrogen) atoms. The summed E-state index contributed by atoms with van der Waals surface area (Å²) < 4.78 is 53.5. The lowest BCUT2D eigenvalue weighted by Gasteiger charge is -2.34. The van der Waals surface area contributed by atoms with Gasteiger partial charge in [-0.2, -0.15) is 13.2 Å². The molecule has 0 saturated carbocycles. The van der Waals surface area contributed by atoms with E-state index in [1.54, 1.807) is 6.92 Å². The van der Waals surface area contributed by atoms with Crippen molar-refractivity contribution >= 4 is 5.84 Å². The van der Waals surface area contributed by atoms with Gasteiger partial charge in [-0.05, 0) is 36.8 Å². The van der Waals surface area contributed by atoms with Crippen LogP contribution in [0.2, 0.25) is 0 Å². The average molecular weight is 432 g/mol. The molecule has 1 aliphatic heterocycles. The molecule has 4 rings (SSSR count). The highest BCUT2D eigenvalue weighted by atomic mass is 19.3. The first kappa shape index (κ1) is 20.6. The summed E-state index contributed by atoms with van der Waals surface area (Å²) in [5, 5.41) is 13.0. The van der Waals surface area contributed by atoms with Crippen molar-refractivity contribution in [1.29, 1.82) is 0 Å². The van der Waals surface area contributed by atoms with Gasteiger partial charge in [0.05, 0.1) is 6.04 Å². The van der Waals surface area contributed by atoms with Crippen LogP contribution in [0.4, 0.5) is 17.6 Å². The monoisotopic (exact) mass is 432 g/mol. The number of aliphatic imine (C=N–C) groups is 1. The van der Waals surface area contributed by atoms with Crippen LogP contribution in [0.1, 0.15) is 30.2 Å². The highest BCUT2D eigenvalue weighted by Gasteiger charge is 2.45. The fourth-order valence-electron chi connectivity index (χ4n) is 3.74. The molecule has 2 atom stereocenters. The third-order valence-corrected chi connectivity index (χ3v) is 5.26. The van der Waals surface area contributed by atoms with Crippen LogP contribution >= 0.6 is 0 Å². The van der Waals surface area contributed by atoms with Crippen molar-refractivity contribution in [3.05, 3.63) is 93.7 Å². The van der Waals surface area contributed by atoms with E-state index in [0.717, 1.165) is 18.3 Å². The maximum absolute atomic E-state index is 13.6. The normalized spacial score (nSPS) is 20.6. The van der Waals surface area contributed by atoms with E-state index in [1.807, 2.05) is 0 Å². The van der Waals surface area contributed by atoms with E-state index in [4.69, 9.17) is 0 Å². The molecule has 0 fully saturated rings. The van der Waals surface area contributed by atoms with Crippen LogP contribution in [0.25, 0.3) is 0 Å². The van der Waals surface area contributed by atoms with E-state index in [1.165, 1.54) is 36.5 Å². The lowest BCUT2D eigenvalue weighted by molar-refractivity contribution is 0.0653. The number of rotatable bonds is 4. The van der Waals surface area contributed by atoms with Crippen molar-refractivity contribution in [3.8, 4) is 5.75 Å². The second kappa shape index (κ2) is 7.53. The molecule has 0 saturated heterocycles. The van der Waals surface area contributed by atoms with E-state index in [-0.39, 0.29) is 16.0 Å². The number of alkyl halides is 2. The summed E-state index contributed by atoms with van der Waals surface area (Å²) in [6, 6.07) is 8.67. The first-order valence-electron chi connectivity index (χ1n) is 9.20. The number of hydrogen-bond acceptors (Lipinski definition) is 5. The third-order valence-electron chi connectivity index (χ3n) is 5.26. The van der Waals surface area contributed by atoms with E-state index in [2.05, 4.69) is 15.3 Å². The molecule has 0 bridgehead atoms. The Morgan fingerprint density at radius 1 is 1.13 bits per heavy atom. The molecule has 3 aromatic rings. The van der Waals surface area contributed by atoms with Crippen LogP contribution in [-0.4, -0.2) is 26.5 Å². The lowest BCUT2D eigenvalue weighted by atomic mass is 9.79. The molecule has 1 aromatic carbocycles. The van der Waals surface area contributed by atoms with Gasteiger partial charge >= 0.3 is 6.55 Å². The molecule has 0 unspecified atom stereocenters. The minimum absolute atomic E-state index is 0.0447. The SMILES string of the molecule is C[C@@H]1N=C(c2cc(O)c(=O)n(C(F)F)c2)N[C@@]1(c1ccc(F)cc1)c1ccc(F)nc1. The van der Waals surface area contributed by atoms with Gasteiger partial charge in [0, 0.05) is 23.5 Å². The first-order valence-corrected chi connectivity index (χ1v) is 9.20. The molecule has 1 aliphatic rings. The van der Waals surface area contributed by atoms with Crippen LogP contribution < -0.4 is 10.9 Å². The van der Waals surface area contributed by atoms with Gasteiger partial charge in [0.15, 0.2) is 5.75 Å². The summed E-state index contributed by atoms with van der Waals surface area (Å²) >= 11 is 0. The van der Waals surface area contributed by atoms with Crippen molar-refractivity contribution in [2.24, 2.45) is 4.99 Å². The third kappa shape index (κ3) is 3.43. The van der Waals surface area contributed by atoms with Gasteiger partial charge in [-0.1, -0.05) is 18.2 Å². The zero-order valence-corrected chi connectivity index (χ0v) is 16.1. The molecule has 0 amide bonds.